The highest BCUT2D eigenvalue weighted by atomic mass is 79.9. The maximum Gasteiger partial charge on any atom is 0.101 e. The van der Waals surface area contributed by atoms with Crippen molar-refractivity contribution in [2.24, 2.45) is 11.7 Å². The van der Waals surface area contributed by atoms with Gasteiger partial charge in [-0.1, -0.05) is 15.9 Å². The number of halogens is 1. The van der Waals surface area contributed by atoms with E-state index in [9.17, 15) is 0 Å². The zero-order chi connectivity index (χ0) is 12.5. The molecular formula is C13H16BrN3. The zero-order valence-corrected chi connectivity index (χ0v) is 11.4. The zero-order valence-electron chi connectivity index (χ0n) is 9.83. The molecule has 1 fully saturated rings. The summed E-state index contributed by atoms with van der Waals surface area (Å²) in [5, 5.41) is 12.5. The summed E-state index contributed by atoms with van der Waals surface area (Å²) in [6.07, 6.45) is 2.44. The van der Waals surface area contributed by atoms with Crippen LogP contribution in [0.15, 0.2) is 22.7 Å². The molecule has 1 atom stereocenters. The summed E-state index contributed by atoms with van der Waals surface area (Å²) in [6, 6.07) is 7.84. The molecule has 1 saturated carbocycles. The fraction of sp³-hybridized carbons (Fsp3) is 0.462. The summed E-state index contributed by atoms with van der Waals surface area (Å²) in [5.41, 5.74) is 7.29. The Kier molecular flexibility index (Phi) is 3.41. The molecule has 0 aliphatic heterocycles. The second-order valence-electron chi connectivity index (χ2n) is 4.82. The van der Waals surface area contributed by atoms with Crippen LogP contribution in [-0.4, -0.2) is 12.1 Å². The van der Waals surface area contributed by atoms with E-state index in [1.165, 1.54) is 12.8 Å². The van der Waals surface area contributed by atoms with Gasteiger partial charge in [0.05, 0.1) is 11.3 Å². The predicted molar refractivity (Wildman–Crippen MR) is 72.7 cm³/mol. The van der Waals surface area contributed by atoms with Gasteiger partial charge in [-0.2, -0.15) is 5.26 Å². The fourth-order valence-corrected chi connectivity index (χ4v) is 2.43. The van der Waals surface area contributed by atoms with E-state index >= 15 is 0 Å². The minimum atomic E-state index is -0.105. The molecule has 1 aromatic carbocycles. The molecule has 0 aromatic heterocycles. The fourth-order valence-electron chi connectivity index (χ4n) is 2.07. The van der Waals surface area contributed by atoms with Gasteiger partial charge in [0.2, 0.25) is 0 Å². The van der Waals surface area contributed by atoms with E-state index in [2.05, 4.69) is 34.2 Å². The molecule has 0 heterocycles. The van der Waals surface area contributed by atoms with Gasteiger partial charge in [-0.25, -0.2) is 0 Å². The molecule has 3 nitrogen and oxygen atoms in total. The minimum Gasteiger partial charge on any atom is -0.377 e. The molecule has 17 heavy (non-hydrogen) atoms. The van der Waals surface area contributed by atoms with Crippen LogP contribution in [0, 0.1) is 17.2 Å². The highest BCUT2D eigenvalue weighted by Crippen LogP contribution is 2.41. The smallest absolute Gasteiger partial charge is 0.101 e. The van der Waals surface area contributed by atoms with Crippen molar-refractivity contribution in [2.75, 3.05) is 11.9 Å². The molecule has 2 rings (SSSR count). The number of rotatable bonds is 4. The van der Waals surface area contributed by atoms with Crippen LogP contribution >= 0.6 is 15.9 Å². The van der Waals surface area contributed by atoms with Gasteiger partial charge in [-0.3, -0.25) is 0 Å². The number of nitrogens with one attached hydrogen (secondary N) is 1. The van der Waals surface area contributed by atoms with Crippen LogP contribution in [0.3, 0.4) is 0 Å². The van der Waals surface area contributed by atoms with Crippen LogP contribution in [0.25, 0.3) is 0 Å². The van der Waals surface area contributed by atoms with Crippen molar-refractivity contribution in [3.8, 4) is 6.07 Å². The first-order valence-electron chi connectivity index (χ1n) is 5.77. The second kappa shape index (κ2) is 4.67. The highest BCUT2D eigenvalue weighted by molar-refractivity contribution is 9.10. The predicted octanol–water partition coefficient (Wildman–Crippen LogP) is 2.86. The lowest BCUT2D eigenvalue weighted by Gasteiger charge is -2.31. The molecule has 0 bridgehead atoms. The standard InChI is InChI=1S/C13H16BrN3/c1-13(8-16,10-3-4-10)17-12-6-11(14)5-2-9(12)7-15/h2,5-6,10,17H,3-4,8,16H2,1H3. The second-order valence-corrected chi connectivity index (χ2v) is 5.74. The van der Waals surface area contributed by atoms with E-state index in [0.717, 1.165) is 10.2 Å². The van der Waals surface area contributed by atoms with E-state index in [1.807, 2.05) is 18.2 Å². The molecule has 1 unspecified atom stereocenters. The lowest BCUT2D eigenvalue weighted by atomic mass is 9.95. The maximum absolute atomic E-state index is 9.10. The summed E-state index contributed by atoms with van der Waals surface area (Å²) in [5.74, 6) is 0.623. The lowest BCUT2D eigenvalue weighted by Crippen LogP contribution is -2.44. The Morgan fingerprint density at radius 3 is 2.82 bits per heavy atom. The van der Waals surface area contributed by atoms with Crippen molar-refractivity contribution >= 4 is 21.6 Å². The van der Waals surface area contributed by atoms with Crippen molar-refractivity contribution < 1.29 is 0 Å². The van der Waals surface area contributed by atoms with E-state index in [1.54, 1.807) is 0 Å². The molecule has 3 N–H and O–H groups in total. The van der Waals surface area contributed by atoms with Gasteiger partial charge in [0.1, 0.15) is 6.07 Å². The van der Waals surface area contributed by atoms with Crippen LogP contribution in [-0.2, 0) is 0 Å². The van der Waals surface area contributed by atoms with Crippen molar-refractivity contribution in [3.63, 3.8) is 0 Å². The van der Waals surface area contributed by atoms with E-state index < -0.39 is 0 Å². The number of benzene rings is 1. The summed E-state index contributed by atoms with van der Waals surface area (Å²) < 4.78 is 0.967. The van der Waals surface area contributed by atoms with Crippen LogP contribution in [0.1, 0.15) is 25.3 Å². The third-order valence-electron chi connectivity index (χ3n) is 3.42. The maximum atomic E-state index is 9.10. The average molecular weight is 294 g/mol. The molecule has 1 aromatic rings. The topological polar surface area (TPSA) is 61.8 Å². The van der Waals surface area contributed by atoms with Gasteiger partial charge in [-0.15, -0.1) is 0 Å². The van der Waals surface area contributed by atoms with Crippen LogP contribution < -0.4 is 11.1 Å². The molecule has 0 radical (unpaired) electrons. The number of nitrogens with zero attached hydrogens (tertiary/aromatic N) is 1. The molecule has 0 amide bonds. The molecular weight excluding hydrogens is 278 g/mol. The summed E-state index contributed by atoms with van der Waals surface area (Å²) >= 11 is 3.43. The van der Waals surface area contributed by atoms with E-state index in [4.69, 9.17) is 11.0 Å². The SMILES string of the molecule is CC(CN)(Nc1cc(Br)ccc1C#N)C1CC1. The quantitative estimate of drug-likeness (QED) is 0.897. The first-order chi connectivity index (χ1) is 8.09. The Labute approximate surface area is 110 Å². The molecule has 0 spiro atoms. The molecule has 1 aliphatic rings. The Hall–Kier alpha value is -1.05. The van der Waals surface area contributed by atoms with Crippen LogP contribution in [0.5, 0.6) is 0 Å². The first-order valence-corrected chi connectivity index (χ1v) is 6.56. The van der Waals surface area contributed by atoms with E-state index in [0.29, 0.717) is 18.0 Å². The molecule has 4 heteroatoms. The third kappa shape index (κ3) is 2.62. The van der Waals surface area contributed by atoms with Gasteiger partial charge < -0.3 is 11.1 Å². The van der Waals surface area contributed by atoms with Gasteiger partial charge in [0.25, 0.3) is 0 Å². The lowest BCUT2D eigenvalue weighted by molar-refractivity contribution is 0.459. The van der Waals surface area contributed by atoms with Gasteiger partial charge in [0, 0.05) is 16.6 Å². The summed E-state index contributed by atoms with van der Waals surface area (Å²) in [4.78, 5) is 0. The molecule has 0 saturated heterocycles. The van der Waals surface area contributed by atoms with Crippen molar-refractivity contribution in [1.29, 1.82) is 5.26 Å². The van der Waals surface area contributed by atoms with Crippen molar-refractivity contribution in [1.82, 2.24) is 0 Å². The van der Waals surface area contributed by atoms with Gasteiger partial charge in [0.15, 0.2) is 0 Å². The highest BCUT2D eigenvalue weighted by Gasteiger charge is 2.40. The Morgan fingerprint density at radius 2 is 2.29 bits per heavy atom. The average Bonchev–Trinajstić information content (AvgIpc) is 3.13. The Morgan fingerprint density at radius 1 is 1.59 bits per heavy atom. The van der Waals surface area contributed by atoms with E-state index in [-0.39, 0.29) is 5.54 Å². The van der Waals surface area contributed by atoms with Crippen molar-refractivity contribution in [3.05, 3.63) is 28.2 Å². The third-order valence-corrected chi connectivity index (χ3v) is 3.92. The monoisotopic (exact) mass is 293 g/mol. The Balaban J connectivity index is 2.28. The summed E-state index contributed by atoms with van der Waals surface area (Å²) in [6.45, 7) is 2.71. The summed E-state index contributed by atoms with van der Waals surface area (Å²) in [7, 11) is 0. The number of hydrogen-bond donors (Lipinski definition) is 2. The Bertz CT molecular complexity index is 462. The van der Waals surface area contributed by atoms with Gasteiger partial charge >= 0.3 is 0 Å². The molecule has 1 aliphatic carbocycles. The van der Waals surface area contributed by atoms with Crippen molar-refractivity contribution in [2.45, 2.75) is 25.3 Å². The number of anilines is 1. The largest absolute Gasteiger partial charge is 0.377 e. The number of nitriles is 1. The first kappa shape index (κ1) is 12.4. The van der Waals surface area contributed by atoms with Gasteiger partial charge in [-0.05, 0) is 43.9 Å². The number of hydrogen-bond acceptors (Lipinski definition) is 3. The minimum absolute atomic E-state index is 0.105. The molecule has 90 valence electrons. The number of nitrogens with two attached hydrogens (primary N) is 1. The van der Waals surface area contributed by atoms with Crippen LogP contribution in [0.2, 0.25) is 0 Å². The normalized spacial score (nSPS) is 18.2. The van der Waals surface area contributed by atoms with Crippen LogP contribution in [0.4, 0.5) is 5.69 Å².